The minimum Gasteiger partial charge on any atom is -0.497 e. The highest BCUT2D eigenvalue weighted by atomic mass is 19.1. The fraction of sp³-hybridized carbons (Fsp3) is 0.278. The van der Waals surface area contributed by atoms with Crippen LogP contribution in [-0.4, -0.2) is 26.2 Å². The normalized spacial score (nSPS) is 10.2. The van der Waals surface area contributed by atoms with Gasteiger partial charge in [-0.1, -0.05) is 12.1 Å². The predicted molar refractivity (Wildman–Crippen MR) is 86.2 cm³/mol. The fourth-order valence-corrected chi connectivity index (χ4v) is 2.07. The van der Waals surface area contributed by atoms with Crippen LogP contribution in [0.25, 0.3) is 0 Å². The predicted octanol–water partition coefficient (Wildman–Crippen LogP) is 2.96. The summed E-state index contributed by atoms with van der Waals surface area (Å²) in [4.78, 5) is 11.7. The second-order valence-electron chi connectivity index (χ2n) is 5.00. The summed E-state index contributed by atoms with van der Waals surface area (Å²) in [6.07, 6.45) is 0.842. The van der Waals surface area contributed by atoms with Crippen molar-refractivity contribution in [2.24, 2.45) is 0 Å². The highest BCUT2D eigenvalue weighted by Crippen LogP contribution is 2.16. The first kappa shape index (κ1) is 16.8. The van der Waals surface area contributed by atoms with E-state index in [-0.39, 0.29) is 11.7 Å². The summed E-state index contributed by atoms with van der Waals surface area (Å²) in [6.45, 7) is 0.812. The quantitative estimate of drug-likeness (QED) is 0.762. The van der Waals surface area contributed by atoms with E-state index in [1.54, 1.807) is 13.2 Å². The molecule has 0 heterocycles. The first-order chi connectivity index (χ1) is 11.2. The van der Waals surface area contributed by atoms with Gasteiger partial charge in [0.1, 0.15) is 23.9 Å². The van der Waals surface area contributed by atoms with Gasteiger partial charge in [0, 0.05) is 6.42 Å². The Balaban J connectivity index is 1.62. The Hall–Kier alpha value is -2.56. The molecule has 0 aliphatic heterocycles. The summed E-state index contributed by atoms with van der Waals surface area (Å²) in [6, 6.07) is 13.5. The largest absolute Gasteiger partial charge is 0.497 e. The smallest absolute Gasteiger partial charge is 0.220 e. The molecule has 0 saturated heterocycles. The number of carbonyl (C=O) groups is 1. The van der Waals surface area contributed by atoms with Crippen molar-refractivity contribution in [3.05, 3.63) is 59.9 Å². The number of rotatable bonds is 8. The van der Waals surface area contributed by atoms with Gasteiger partial charge in [-0.05, 0) is 48.4 Å². The molecule has 2 aromatic rings. The molecule has 0 radical (unpaired) electrons. The molecule has 23 heavy (non-hydrogen) atoms. The molecule has 2 rings (SSSR count). The molecular weight excluding hydrogens is 297 g/mol. The molecule has 0 aliphatic rings. The lowest BCUT2D eigenvalue weighted by Crippen LogP contribution is -2.28. The van der Waals surface area contributed by atoms with Gasteiger partial charge in [0.05, 0.1) is 13.7 Å². The third kappa shape index (κ3) is 5.98. The summed E-state index contributed by atoms with van der Waals surface area (Å²) in [5.41, 5.74) is 0.814. The monoisotopic (exact) mass is 317 g/mol. The number of aryl methyl sites for hydroxylation is 1. The number of hydrogen-bond acceptors (Lipinski definition) is 3. The van der Waals surface area contributed by atoms with E-state index in [9.17, 15) is 9.18 Å². The zero-order valence-electron chi connectivity index (χ0n) is 13.0. The minimum absolute atomic E-state index is 0.0763. The first-order valence-electron chi connectivity index (χ1n) is 7.45. The van der Waals surface area contributed by atoms with Crippen LogP contribution in [0, 0.1) is 5.82 Å². The third-order valence-corrected chi connectivity index (χ3v) is 3.28. The summed E-state index contributed by atoms with van der Waals surface area (Å²) in [7, 11) is 1.61. The van der Waals surface area contributed by atoms with Crippen LogP contribution in [0.1, 0.15) is 12.0 Å². The standard InChI is InChI=1S/C18H20FNO3/c1-22-16-6-8-17(9-7-16)23-12-11-20-18(21)10-5-14-3-2-4-15(19)13-14/h2-4,6-9,13H,5,10-12H2,1H3,(H,20,21). The summed E-state index contributed by atoms with van der Waals surface area (Å²) in [5, 5.41) is 2.78. The molecule has 0 aliphatic carbocycles. The molecule has 0 unspecified atom stereocenters. The van der Waals surface area contributed by atoms with Gasteiger partial charge in [0.2, 0.25) is 5.91 Å². The molecule has 0 aromatic heterocycles. The lowest BCUT2D eigenvalue weighted by Gasteiger charge is -2.08. The van der Waals surface area contributed by atoms with E-state index in [0.717, 1.165) is 17.1 Å². The highest BCUT2D eigenvalue weighted by Gasteiger charge is 2.03. The van der Waals surface area contributed by atoms with Crippen molar-refractivity contribution in [1.29, 1.82) is 0 Å². The Labute approximate surface area is 135 Å². The zero-order valence-corrected chi connectivity index (χ0v) is 13.0. The van der Waals surface area contributed by atoms with Crippen LogP contribution in [0.3, 0.4) is 0 Å². The number of amides is 1. The van der Waals surface area contributed by atoms with Crippen LogP contribution in [0.4, 0.5) is 4.39 Å². The highest BCUT2D eigenvalue weighted by molar-refractivity contribution is 5.76. The average Bonchev–Trinajstić information content (AvgIpc) is 2.57. The van der Waals surface area contributed by atoms with Gasteiger partial charge < -0.3 is 14.8 Å². The molecule has 0 saturated carbocycles. The van der Waals surface area contributed by atoms with E-state index in [4.69, 9.17) is 9.47 Å². The SMILES string of the molecule is COc1ccc(OCCNC(=O)CCc2cccc(F)c2)cc1. The van der Waals surface area contributed by atoms with Gasteiger partial charge in [-0.3, -0.25) is 4.79 Å². The number of nitrogens with one attached hydrogen (secondary N) is 1. The lowest BCUT2D eigenvalue weighted by molar-refractivity contribution is -0.121. The number of halogens is 1. The van der Waals surface area contributed by atoms with E-state index < -0.39 is 0 Å². The Bertz CT molecular complexity index is 628. The minimum atomic E-state index is -0.282. The van der Waals surface area contributed by atoms with Crippen molar-refractivity contribution in [2.45, 2.75) is 12.8 Å². The van der Waals surface area contributed by atoms with Gasteiger partial charge in [0.15, 0.2) is 0 Å². The first-order valence-corrected chi connectivity index (χ1v) is 7.45. The Morgan fingerprint density at radius 1 is 1.13 bits per heavy atom. The average molecular weight is 317 g/mol. The van der Waals surface area contributed by atoms with Gasteiger partial charge >= 0.3 is 0 Å². The van der Waals surface area contributed by atoms with E-state index in [2.05, 4.69) is 5.32 Å². The lowest BCUT2D eigenvalue weighted by atomic mass is 10.1. The number of benzene rings is 2. The van der Waals surface area contributed by atoms with Gasteiger partial charge in [-0.25, -0.2) is 4.39 Å². The van der Waals surface area contributed by atoms with E-state index in [0.29, 0.717) is 26.0 Å². The molecule has 0 atom stereocenters. The number of ether oxygens (including phenoxy) is 2. The van der Waals surface area contributed by atoms with Crippen molar-refractivity contribution in [3.63, 3.8) is 0 Å². The Kier molecular flexibility index (Phi) is 6.41. The second-order valence-corrected chi connectivity index (χ2v) is 5.00. The fourth-order valence-electron chi connectivity index (χ4n) is 2.07. The molecule has 1 amide bonds. The number of hydrogen-bond donors (Lipinski definition) is 1. The van der Waals surface area contributed by atoms with Crippen molar-refractivity contribution in [3.8, 4) is 11.5 Å². The molecule has 5 heteroatoms. The topological polar surface area (TPSA) is 47.6 Å². The molecule has 4 nitrogen and oxygen atoms in total. The Morgan fingerprint density at radius 2 is 1.87 bits per heavy atom. The van der Waals surface area contributed by atoms with Crippen molar-refractivity contribution in [2.75, 3.05) is 20.3 Å². The molecule has 0 spiro atoms. The summed E-state index contributed by atoms with van der Waals surface area (Å²) >= 11 is 0. The zero-order chi connectivity index (χ0) is 16.5. The summed E-state index contributed by atoms with van der Waals surface area (Å²) in [5.74, 6) is 1.13. The van der Waals surface area contributed by atoms with Crippen molar-refractivity contribution in [1.82, 2.24) is 5.32 Å². The van der Waals surface area contributed by atoms with E-state index in [1.165, 1.54) is 12.1 Å². The van der Waals surface area contributed by atoms with Gasteiger partial charge in [0.25, 0.3) is 0 Å². The van der Waals surface area contributed by atoms with Crippen LogP contribution >= 0.6 is 0 Å². The van der Waals surface area contributed by atoms with Crippen LogP contribution < -0.4 is 14.8 Å². The van der Waals surface area contributed by atoms with Crippen molar-refractivity contribution >= 4 is 5.91 Å². The molecule has 2 aromatic carbocycles. The number of carbonyl (C=O) groups excluding carboxylic acids is 1. The van der Waals surface area contributed by atoms with Crippen molar-refractivity contribution < 1.29 is 18.7 Å². The van der Waals surface area contributed by atoms with Crippen LogP contribution in [0.5, 0.6) is 11.5 Å². The van der Waals surface area contributed by atoms with Crippen LogP contribution in [0.15, 0.2) is 48.5 Å². The summed E-state index contributed by atoms with van der Waals surface area (Å²) < 4.78 is 23.6. The second kappa shape index (κ2) is 8.78. The third-order valence-electron chi connectivity index (χ3n) is 3.28. The maximum atomic E-state index is 13.0. The maximum absolute atomic E-state index is 13.0. The molecular formula is C18H20FNO3. The van der Waals surface area contributed by atoms with Crippen LogP contribution in [-0.2, 0) is 11.2 Å². The molecule has 0 bridgehead atoms. The Morgan fingerprint density at radius 3 is 2.57 bits per heavy atom. The van der Waals surface area contributed by atoms with Gasteiger partial charge in [-0.2, -0.15) is 0 Å². The molecule has 122 valence electrons. The molecule has 0 fully saturated rings. The number of methoxy groups -OCH3 is 1. The van der Waals surface area contributed by atoms with E-state index >= 15 is 0 Å². The van der Waals surface area contributed by atoms with Crippen LogP contribution in [0.2, 0.25) is 0 Å². The van der Waals surface area contributed by atoms with Gasteiger partial charge in [-0.15, -0.1) is 0 Å². The maximum Gasteiger partial charge on any atom is 0.220 e. The molecule has 1 N–H and O–H groups in total. The van der Waals surface area contributed by atoms with E-state index in [1.807, 2.05) is 30.3 Å².